The normalized spacial score (nSPS) is 14.4. The summed E-state index contributed by atoms with van der Waals surface area (Å²) in [5, 5.41) is 6.33. The maximum atomic E-state index is 12.8. The van der Waals surface area contributed by atoms with Gasteiger partial charge in [0.25, 0.3) is 5.91 Å². The van der Waals surface area contributed by atoms with Crippen LogP contribution in [0.2, 0.25) is 0 Å². The Morgan fingerprint density at radius 2 is 1.86 bits per heavy atom. The summed E-state index contributed by atoms with van der Waals surface area (Å²) in [6.45, 7) is 4.17. The number of fused-ring (bicyclic) bond motifs is 1. The number of ether oxygens (including phenoxy) is 2. The van der Waals surface area contributed by atoms with E-state index in [-0.39, 0.29) is 36.8 Å². The summed E-state index contributed by atoms with van der Waals surface area (Å²) in [6, 6.07) is 16.4. The Morgan fingerprint density at radius 3 is 2.65 bits per heavy atom. The fourth-order valence-electron chi connectivity index (χ4n) is 4.10. The van der Waals surface area contributed by atoms with Gasteiger partial charge in [-0.2, -0.15) is 0 Å². The van der Waals surface area contributed by atoms with Crippen molar-refractivity contribution in [3.63, 3.8) is 0 Å². The molecule has 1 aromatic heterocycles. The number of anilines is 2. The number of hydrogen-bond acceptors (Lipinski definition) is 7. The zero-order valence-corrected chi connectivity index (χ0v) is 22.5. The number of thioether (sulfide) groups is 1. The third kappa shape index (κ3) is 7.36. The molecule has 1 atom stereocenters. The van der Waals surface area contributed by atoms with Crippen molar-refractivity contribution in [2.24, 2.45) is 5.92 Å². The van der Waals surface area contributed by atoms with Crippen LogP contribution in [0.5, 0.6) is 5.75 Å². The third-order valence-electron chi connectivity index (χ3n) is 5.85. The predicted octanol–water partition coefficient (Wildman–Crippen LogP) is 5.80. The standard InChI is InChI=1S/C28H30N2O5S2/c1-3-34-28(33)26-22-13-12-18(2)14-23(22)37-27(26)30-25(32)17-36-21-11-7-8-19(15-21)29-24(31)16-35-20-9-5-4-6-10-20/h4-11,15,18H,3,12-14,16-17H2,1-2H3,(H,29,31)(H,30,32). The van der Waals surface area contributed by atoms with Crippen LogP contribution in [0.3, 0.4) is 0 Å². The number of carbonyl (C=O) groups is 3. The summed E-state index contributed by atoms with van der Waals surface area (Å²) >= 11 is 2.83. The highest BCUT2D eigenvalue weighted by molar-refractivity contribution is 8.00. The highest BCUT2D eigenvalue weighted by Gasteiger charge is 2.29. The third-order valence-corrected chi connectivity index (χ3v) is 8.01. The summed E-state index contributed by atoms with van der Waals surface area (Å²) in [5.41, 5.74) is 2.15. The molecule has 0 bridgehead atoms. The van der Waals surface area contributed by atoms with Crippen molar-refractivity contribution in [2.45, 2.75) is 38.0 Å². The summed E-state index contributed by atoms with van der Waals surface area (Å²) in [6.07, 6.45) is 2.75. The van der Waals surface area contributed by atoms with Gasteiger partial charge in [0.05, 0.1) is 17.9 Å². The zero-order chi connectivity index (χ0) is 26.2. The average molecular weight is 539 g/mol. The molecule has 1 aliphatic carbocycles. The van der Waals surface area contributed by atoms with E-state index in [9.17, 15) is 14.4 Å². The molecule has 0 fully saturated rings. The van der Waals surface area contributed by atoms with Crippen LogP contribution >= 0.6 is 23.1 Å². The van der Waals surface area contributed by atoms with Crippen molar-refractivity contribution in [3.8, 4) is 5.75 Å². The molecule has 7 nitrogen and oxygen atoms in total. The van der Waals surface area contributed by atoms with Gasteiger partial charge in [0.2, 0.25) is 5.91 Å². The Morgan fingerprint density at radius 1 is 1.05 bits per heavy atom. The average Bonchev–Trinajstić information content (AvgIpc) is 3.24. The lowest BCUT2D eigenvalue weighted by atomic mass is 9.88. The van der Waals surface area contributed by atoms with Crippen LogP contribution in [0.1, 0.15) is 41.1 Å². The number of benzene rings is 2. The molecule has 0 spiro atoms. The first-order chi connectivity index (χ1) is 17.9. The minimum absolute atomic E-state index is 0.101. The fourth-order valence-corrected chi connectivity index (χ4v) is 6.27. The number of rotatable bonds is 10. The van der Waals surface area contributed by atoms with Crippen LogP contribution < -0.4 is 15.4 Å². The van der Waals surface area contributed by atoms with Gasteiger partial charge in [-0.3, -0.25) is 9.59 Å². The number of amides is 2. The highest BCUT2D eigenvalue weighted by Crippen LogP contribution is 2.40. The van der Waals surface area contributed by atoms with E-state index >= 15 is 0 Å². The minimum atomic E-state index is -0.378. The van der Waals surface area contributed by atoms with E-state index in [1.165, 1.54) is 23.1 Å². The Kier molecular flexibility index (Phi) is 9.24. The second-order valence-electron chi connectivity index (χ2n) is 8.79. The predicted molar refractivity (Wildman–Crippen MR) is 148 cm³/mol. The van der Waals surface area contributed by atoms with Gasteiger partial charge in [-0.05, 0) is 68.0 Å². The molecule has 0 radical (unpaired) electrons. The lowest BCUT2D eigenvalue weighted by molar-refractivity contribution is -0.118. The van der Waals surface area contributed by atoms with E-state index in [0.717, 1.165) is 34.6 Å². The van der Waals surface area contributed by atoms with Gasteiger partial charge in [0, 0.05) is 15.5 Å². The second kappa shape index (κ2) is 12.8. The van der Waals surface area contributed by atoms with Crippen molar-refractivity contribution in [2.75, 3.05) is 29.6 Å². The molecule has 0 aliphatic heterocycles. The number of para-hydroxylation sites is 1. The molecular formula is C28H30N2O5S2. The van der Waals surface area contributed by atoms with Gasteiger partial charge < -0.3 is 20.1 Å². The minimum Gasteiger partial charge on any atom is -0.484 e. The zero-order valence-electron chi connectivity index (χ0n) is 20.9. The highest BCUT2D eigenvalue weighted by atomic mass is 32.2. The Labute approximate surface area is 224 Å². The van der Waals surface area contributed by atoms with Crippen LogP contribution in [-0.2, 0) is 27.2 Å². The molecule has 0 saturated carbocycles. The molecule has 1 unspecified atom stereocenters. The lowest BCUT2D eigenvalue weighted by Crippen LogP contribution is -2.20. The van der Waals surface area contributed by atoms with Crippen LogP contribution in [0.15, 0.2) is 59.5 Å². The number of carbonyl (C=O) groups excluding carboxylic acids is 3. The lowest BCUT2D eigenvalue weighted by Gasteiger charge is -2.18. The topological polar surface area (TPSA) is 93.7 Å². The summed E-state index contributed by atoms with van der Waals surface area (Å²) < 4.78 is 10.8. The number of esters is 1. The van der Waals surface area contributed by atoms with E-state index in [1.807, 2.05) is 36.4 Å². The molecular weight excluding hydrogens is 508 g/mol. The van der Waals surface area contributed by atoms with Crippen molar-refractivity contribution < 1.29 is 23.9 Å². The molecule has 4 rings (SSSR count). The van der Waals surface area contributed by atoms with Crippen LogP contribution in [0.25, 0.3) is 0 Å². The summed E-state index contributed by atoms with van der Waals surface area (Å²) in [7, 11) is 0. The second-order valence-corrected chi connectivity index (χ2v) is 10.9. The maximum Gasteiger partial charge on any atom is 0.341 e. The molecule has 3 aromatic rings. The summed E-state index contributed by atoms with van der Waals surface area (Å²) in [4.78, 5) is 39.7. The maximum absolute atomic E-state index is 12.8. The van der Waals surface area contributed by atoms with Gasteiger partial charge in [-0.1, -0.05) is 31.2 Å². The van der Waals surface area contributed by atoms with Crippen molar-refractivity contribution in [1.82, 2.24) is 0 Å². The molecule has 0 saturated heterocycles. The number of hydrogen-bond donors (Lipinski definition) is 2. The van der Waals surface area contributed by atoms with E-state index < -0.39 is 0 Å². The molecule has 37 heavy (non-hydrogen) atoms. The molecule has 1 heterocycles. The smallest absolute Gasteiger partial charge is 0.341 e. The van der Waals surface area contributed by atoms with E-state index in [4.69, 9.17) is 9.47 Å². The number of thiophene rings is 1. The van der Waals surface area contributed by atoms with Gasteiger partial charge in [-0.25, -0.2) is 4.79 Å². The van der Waals surface area contributed by atoms with E-state index in [0.29, 0.717) is 27.9 Å². The van der Waals surface area contributed by atoms with Crippen LogP contribution in [-0.4, -0.2) is 36.8 Å². The number of nitrogens with one attached hydrogen (secondary N) is 2. The van der Waals surface area contributed by atoms with Crippen molar-refractivity contribution in [3.05, 3.63) is 70.6 Å². The molecule has 1 aliphatic rings. The van der Waals surface area contributed by atoms with Crippen LogP contribution in [0, 0.1) is 5.92 Å². The van der Waals surface area contributed by atoms with Gasteiger partial charge in [0.1, 0.15) is 10.8 Å². The first-order valence-electron chi connectivity index (χ1n) is 12.2. The Bertz CT molecular complexity index is 1260. The Hall–Kier alpha value is -3.30. The monoisotopic (exact) mass is 538 g/mol. The first kappa shape index (κ1) is 26.8. The largest absolute Gasteiger partial charge is 0.484 e. The molecule has 194 valence electrons. The molecule has 9 heteroatoms. The van der Waals surface area contributed by atoms with Crippen LogP contribution in [0.4, 0.5) is 10.7 Å². The SMILES string of the molecule is CCOC(=O)c1c(NC(=O)CSc2cccc(NC(=O)COc3ccccc3)c2)sc2c1CCC(C)C2. The van der Waals surface area contributed by atoms with E-state index in [1.54, 1.807) is 25.1 Å². The fraction of sp³-hybridized carbons (Fsp3) is 0.321. The Balaban J connectivity index is 1.34. The van der Waals surface area contributed by atoms with Gasteiger partial charge >= 0.3 is 5.97 Å². The quantitative estimate of drug-likeness (QED) is 0.250. The molecule has 2 aromatic carbocycles. The molecule has 2 amide bonds. The van der Waals surface area contributed by atoms with Gasteiger partial charge in [0.15, 0.2) is 6.61 Å². The first-order valence-corrected chi connectivity index (χ1v) is 14.0. The molecule has 2 N–H and O–H groups in total. The van der Waals surface area contributed by atoms with Crippen molar-refractivity contribution in [1.29, 1.82) is 0 Å². The van der Waals surface area contributed by atoms with E-state index in [2.05, 4.69) is 17.6 Å². The van der Waals surface area contributed by atoms with Gasteiger partial charge in [-0.15, -0.1) is 23.1 Å². The van der Waals surface area contributed by atoms with Crippen molar-refractivity contribution >= 4 is 51.6 Å². The summed E-state index contributed by atoms with van der Waals surface area (Å²) in [5.74, 6) is 0.491.